The van der Waals surface area contributed by atoms with E-state index < -0.39 is 0 Å². The first-order chi connectivity index (χ1) is 11.8. The van der Waals surface area contributed by atoms with Crippen molar-refractivity contribution in [3.8, 4) is 0 Å². The molecule has 0 atom stereocenters. The molecule has 0 aliphatic heterocycles. The molecule has 3 rings (SSSR count). The standard InChI is InChI=1S/C18H21FN4S/c1-2-20-18(23-10-13-6-8-24-12-13)21-7-5-14-11-22-17-4-3-15(19)9-16(14)17/h3-4,6,8-9,11-12,22H,2,5,7,10H2,1H3,(H2,20,21,23). The molecule has 0 aliphatic rings. The van der Waals surface area contributed by atoms with E-state index in [-0.39, 0.29) is 5.82 Å². The van der Waals surface area contributed by atoms with Gasteiger partial charge in [0.05, 0.1) is 6.54 Å². The minimum atomic E-state index is -0.207. The fourth-order valence-electron chi connectivity index (χ4n) is 2.57. The van der Waals surface area contributed by atoms with Crippen LogP contribution in [0.15, 0.2) is 46.2 Å². The highest BCUT2D eigenvalue weighted by molar-refractivity contribution is 7.07. The lowest BCUT2D eigenvalue weighted by molar-refractivity contribution is 0.629. The Hall–Kier alpha value is -2.34. The molecule has 0 amide bonds. The molecule has 0 spiro atoms. The lowest BCUT2D eigenvalue weighted by Crippen LogP contribution is -2.38. The molecule has 1 aromatic carbocycles. The largest absolute Gasteiger partial charge is 0.361 e. The van der Waals surface area contributed by atoms with E-state index in [1.165, 1.54) is 11.6 Å². The molecule has 0 aliphatic carbocycles. The van der Waals surface area contributed by atoms with Gasteiger partial charge in [0.2, 0.25) is 0 Å². The minimum Gasteiger partial charge on any atom is -0.361 e. The maximum absolute atomic E-state index is 13.4. The summed E-state index contributed by atoms with van der Waals surface area (Å²) in [4.78, 5) is 7.77. The molecule has 0 fully saturated rings. The van der Waals surface area contributed by atoms with Crippen molar-refractivity contribution in [2.75, 3.05) is 13.1 Å². The van der Waals surface area contributed by atoms with Gasteiger partial charge in [0.15, 0.2) is 5.96 Å². The predicted molar refractivity (Wildman–Crippen MR) is 99.1 cm³/mol. The van der Waals surface area contributed by atoms with Crippen molar-refractivity contribution in [3.05, 3.63) is 58.2 Å². The molecule has 0 unspecified atom stereocenters. The van der Waals surface area contributed by atoms with Gasteiger partial charge in [-0.15, -0.1) is 0 Å². The van der Waals surface area contributed by atoms with Gasteiger partial charge >= 0.3 is 0 Å². The molecule has 0 saturated heterocycles. The number of thiophene rings is 1. The second-order valence-electron chi connectivity index (χ2n) is 5.51. The zero-order chi connectivity index (χ0) is 16.8. The zero-order valence-electron chi connectivity index (χ0n) is 13.6. The Bertz CT molecular complexity index is 808. The third kappa shape index (κ3) is 4.14. The lowest BCUT2D eigenvalue weighted by atomic mass is 10.1. The Morgan fingerprint density at radius 1 is 1.29 bits per heavy atom. The minimum absolute atomic E-state index is 0.207. The average molecular weight is 344 g/mol. The number of benzene rings is 1. The quantitative estimate of drug-likeness (QED) is 0.472. The first kappa shape index (κ1) is 16.5. The van der Waals surface area contributed by atoms with Crippen molar-refractivity contribution < 1.29 is 4.39 Å². The maximum Gasteiger partial charge on any atom is 0.191 e. The molecule has 0 radical (unpaired) electrons. The third-order valence-corrected chi connectivity index (χ3v) is 4.49. The molecular weight excluding hydrogens is 323 g/mol. The van der Waals surface area contributed by atoms with Crippen LogP contribution in [-0.4, -0.2) is 24.0 Å². The highest BCUT2D eigenvalue weighted by Gasteiger charge is 2.05. The van der Waals surface area contributed by atoms with Crippen LogP contribution in [0.3, 0.4) is 0 Å². The van der Waals surface area contributed by atoms with Crippen molar-refractivity contribution in [1.29, 1.82) is 0 Å². The highest BCUT2D eigenvalue weighted by atomic mass is 32.1. The molecule has 24 heavy (non-hydrogen) atoms. The number of guanidine groups is 1. The van der Waals surface area contributed by atoms with E-state index >= 15 is 0 Å². The second-order valence-corrected chi connectivity index (χ2v) is 6.29. The van der Waals surface area contributed by atoms with E-state index in [1.807, 2.05) is 13.1 Å². The van der Waals surface area contributed by atoms with Crippen LogP contribution >= 0.6 is 11.3 Å². The van der Waals surface area contributed by atoms with Crippen LogP contribution in [0.5, 0.6) is 0 Å². The van der Waals surface area contributed by atoms with Gasteiger partial charge in [-0.1, -0.05) is 0 Å². The molecular formula is C18H21FN4S. The Kier molecular flexibility index (Phi) is 5.48. The molecule has 4 nitrogen and oxygen atoms in total. The summed E-state index contributed by atoms with van der Waals surface area (Å²) in [6.07, 6.45) is 2.74. The summed E-state index contributed by atoms with van der Waals surface area (Å²) in [7, 11) is 0. The van der Waals surface area contributed by atoms with E-state index in [2.05, 4.69) is 37.4 Å². The summed E-state index contributed by atoms with van der Waals surface area (Å²) < 4.78 is 13.4. The molecule has 6 heteroatoms. The van der Waals surface area contributed by atoms with Gasteiger partial charge < -0.3 is 15.6 Å². The molecule has 3 aromatic rings. The first-order valence-electron chi connectivity index (χ1n) is 8.05. The van der Waals surface area contributed by atoms with Crippen molar-refractivity contribution in [1.82, 2.24) is 15.6 Å². The Labute approximate surface area is 144 Å². The number of aliphatic imine (C=N–C) groups is 1. The Morgan fingerprint density at radius 3 is 3.00 bits per heavy atom. The smallest absolute Gasteiger partial charge is 0.191 e. The number of aromatic amines is 1. The fourth-order valence-corrected chi connectivity index (χ4v) is 3.23. The monoisotopic (exact) mass is 344 g/mol. The van der Waals surface area contributed by atoms with E-state index in [4.69, 9.17) is 0 Å². The Morgan fingerprint density at radius 2 is 2.21 bits per heavy atom. The molecule has 3 N–H and O–H groups in total. The summed E-state index contributed by atoms with van der Waals surface area (Å²) in [5, 5.41) is 11.7. The highest BCUT2D eigenvalue weighted by Crippen LogP contribution is 2.19. The number of fused-ring (bicyclic) bond motifs is 1. The van der Waals surface area contributed by atoms with E-state index in [0.717, 1.165) is 41.9 Å². The number of nitrogens with one attached hydrogen (secondary N) is 3. The summed E-state index contributed by atoms with van der Waals surface area (Å²) in [6, 6.07) is 6.91. The molecule has 0 bridgehead atoms. The number of aromatic nitrogens is 1. The van der Waals surface area contributed by atoms with Crippen molar-refractivity contribution >= 4 is 28.2 Å². The van der Waals surface area contributed by atoms with E-state index in [1.54, 1.807) is 23.5 Å². The number of halogens is 1. The number of nitrogens with zero attached hydrogens (tertiary/aromatic N) is 1. The maximum atomic E-state index is 13.4. The van der Waals surface area contributed by atoms with E-state index in [0.29, 0.717) is 6.54 Å². The van der Waals surface area contributed by atoms with Gasteiger partial charge in [-0.05, 0) is 59.5 Å². The number of hydrogen-bond acceptors (Lipinski definition) is 2. The van der Waals surface area contributed by atoms with Crippen LogP contribution in [-0.2, 0) is 13.0 Å². The van der Waals surface area contributed by atoms with Gasteiger partial charge in [-0.2, -0.15) is 11.3 Å². The summed E-state index contributed by atoms with van der Waals surface area (Å²) >= 11 is 1.68. The SMILES string of the molecule is CCNC(=NCc1ccsc1)NCCc1c[nH]c2ccc(F)cc12. The first-order valence-corrected chi connectivity index (χ1v) is 8.99. The lowest BCUT2D eigenvalue weighted by Gasteiger charge is -2.10. The van der Waals surface area contributed by atoms with Gasteiger partial charge in [0.25, 0.3) is 0 Å². The Balaban J connectivity index is 1.60. The normalized spacial score (nSPS) is 11.8. The van der Waals surface area contributed by atoms with Crippen LogP contribution < -0.4 is 10.6 Å². The van der Waals surface area contributed by atoms with Gasteiger partial charge in [-0.3, -0.25) is 0 Å². The molecule has 2 aromatic heterocycles. The van der Waals surface area contributed by atoms with Crippen LogP contribution in [0.25, 0.3) is 10.9 Å². The van der Waals surface area contributed by atoms with Gasteiger partial charge in [-0.25, -0.2) is 9.38 Å². The van der Waals surface area contributed by atoms with Crippen molar-refractivity contribution in [2.24, 2.45) is 4.99 Å². The van der Waals surface area contributed by atoms with Crippen LogP contribution in [0, 0.1) is 5.82 Å². The van der Waals surface area contributed by atoms with Crippen LogP contribution in [0.1, 0.15) is 18.1 Å². The summed E-state index contributed by atoms with van der Waals surface area (Å²) in [5.74, 6) is 0.594. The van der Waals surface area contributed by atoms with Crippen molar-refractivity contribution in [3.63, 3.8) is 0 Å². The van der Waals surface area contributed by atoms with Crippen molar-refractivity contribution in [2.45, 2.75) is 19.9 Å². The predicted octanol–water partition coefficient (Wildman–Crippen LogP) is 3.67. The van der Waals surface area contributed by atoms with Gasteiger partial charge in [0.1, 0.15) is 5.82 Å². The molecule has 126 valence electrons. The number of rotatable bonds is 6. The number of H-pyrrole nitrogens is 1. The van der Waals surface area contributed by atoms with E-state index in [9.17, 15) is 4.39 Å². The molecule has 0 saturated carbocycles. The second kappa shape index (κ2) is 7.97. The third-order valence-electron chi connectivity index (χ3n) is 3.76. The summed E-state index contributed by atoms with van der Waals surface area (Å²) in [6.45, 7) is 4.26. The van der Waals surface area contributed by atoms with Gasteiger partial charge in [0, 0.05) is 30.2 Å². The van der Waals surface area contributed by atoms with Crippen LogP contribution in [0.2, 0.25) is 0 Å². The topological polar surface area (TPSA) is 52.2 Å². The summed E-state index contributed by atoms with van der Waals surface area (Å²) in [5.41, 5.74) is 3.28. The zero-order valence-corrected chi connectivity index (χ0v) is 14.4. The molecule has 2 heterocycles. The number of hydrogen-bond donors (Lipinski definition) is 3. The van der Waals surface area contributed by atoms with Crippen LogP contribution in [0.4, 0.5) is 4.39 Å². The fraction of sp³-hybridized carbons (Fsp3) is 0.278. The average Bonchev–Trinajstić information content (AvgIpc) is 3.22.